The monoisotopic (exact) mass is 324 g/mol. The van der Waals surface area contributed by atoms with Crippen molar-refractivity contribution in [1.29, 1.82) is 0 Å². The number of nitrogen functional groups attached to an aromatic ring is 1. The van der Waals surface area contributed by atoms with E-state index in [2.05, 4.69) is 15.3 Å². The third-order valence-electron chi connectivity index (χ3n) is 3.20. The minimum Gasteiger partial charge on any atom is -0.368 e. The third-order valence-corrected chi connectivity index (χ3v) is 3.43. The van der Waals surface area contributed by atoms with Crippen molar-refractivity contribution in [2.45, 2.75) is 0 Å². The van der Waals surface area contributed by atoms with E-state index in [1.165, 1.54) is 0 Å². The van der Waals surface area contributed by atoms with Gasteiger partial charge in [0.25, 0.3) is 5.91 Å². The predicted molar refractivity (Wildman–Crippen MR) is 91.3 cm³/mol. The number of rotatable bonds is 3. The highest BCUT2D eigenvalue weighted by atomic mass is 35.5. The Hall–Kier alpha value is -2.92. The smallest absolute Gasteiger partial charge is 0.255 e. The molecule has 0 aliphatic rings. The highest BCUT2D eigenvalue weighted by Gasteiger charge is 2.07. The van der Waals surface area contributed by atoms with Gasteiger partial charge in [-0.15, -0.1) is 0 Å². The molecule has 114 valence electrons. The average Bonchev–Trinajstić information content (AvgIpc) is 2.55. The number of carbonyl (C=O) groups is 1. The molecule has 1 amide bonds. The van der Waals surface area contributed by atoms with Gasteiger partial charge in [-0.2, -0.15) is 0 Å². The van der Waals surface area contributed by atoms with E-state index in [4.69, 9.17) is 17.3 Å². The predicted octanol–water partition coefficient (Wildman–Crippen LogP) is 3.63. The zero-order chi connectivity index (χ0) is 16.2. The molecule has 0 aliphatic carbocycles. The van der Waals surface area contributed by atoms with Gasteiger partial charge in [-0.3, -0.25) is 4.79 Å². The highest BCUT2D eigenvalue weighted by Crippen LogP contribution is 2.20. The van der Waals surface area contributed by atoms with E-state index in [1.807, 2.05) is 12.1 Å². The summed E-state index contributed by atoms with van der Waals surface area (Å²) in [6.45, 7) is 0. The van der Waals surface area contributed by atoms with Crippen LogP contribution in [0.25, 0.3) is 11.3 Å². The molecule has 6 heteroatoms. The standard InChI is InChI=1S/C17H13ClN4O/c18-13-3-1-2-12(10-13)16(23)21-14-6-4-11(5-7-14)15-8-9-20-17(19)22-15/h1-10H,(H,21,23)(H2,19,20,22). The van der Waals surface area contributed by atoms with Crippen molar-refractivity contribution < 1.29 is 4.79 Å². The molecule has 5 nitrogen and oxygen atoms in total. The fourth-order valence-electron chi connectivity index (χ4n) is 2.09. The summed E-state index contributed by atoms with van der Waals surface area (Å²) in [5.74, 6) is 0.00682. The molecule has 0 aliphatic heterocycles. The van der Waals surface area contributed by atoms with Crippen molar-refractivity contribution in [2.24, 2.45) is 0 Å². The van der Waals surface area contributed by atoms with Crippen molar-refractivity contribution in [3.8, 4) is 11.3 Å². The first-order valence-corrected chi connectivity index (χ1v) is 7.25. The van der Waals surface area contributed by atoms with E-state index in [0.717, 1.165) is 11.3 Å². The van der Waals surface area contributed by atoms with Gasteiger partial charge in [0, 0.05) is 28.0 Å². The molecule has 0 fully saturated rings. The second-order valence-electron chi connectivity index (χ2n) is 4.84. The van der Waals surface area contributed by atoms with Gasteiger partial charge >= 0.3 is 0 Å². The maximum absolute atomic E-state index is 12.2. The minimum absolute atomic E-state index is 0.216. The molecule has 0 saturated heterocycles. The van der Waals surface area contributed by atoms with E-state index in [0.29, 0.717) is 16.3 Å². The van der Waals surface area contributed by atoms with E-state index in [1.54, 1.807) is 48.7 Å². The summed E-state index contributed by atoms with van der Waals surface area (Å²) in [5, 5.41) is 3.34. The van der Waals surface area contributed by atoms with E-state index < -0.39 is 0 Å². The SMILES string of the molecule is Nc1nccc(-c2ccc(NC(=O)c3cccc(Cl)c3)cc2)n1. The van der Waals surface area contributed by atoms with Crippen LogP contribution in [-0.2, 0) is 0 Å². The first-order chi connectivity index (χ1) is 11.1. The third kappa shape index (κ3) is 3.64. The van der Waals surface area contributed by atoms with Crippen LogP contribution >= 0.6 is 11.6 Å². The lowest BCUT2D eigenvalue weighted by Crippen LogP contribution is -2.11. The van der Waals surface area contributed by atoms with Crippen LogP contribution in [0.2, 0.25) is 5.02 Å². The highest BCUT2D eigenvalue weighted by molar-refractivity contribution is 6.31. The molecule has 1 aromatic heterocycles. The number of anilines is 2. The molecule has 23 heavy (non-hydrogen) atoms. The van der Waals surface area contributed by atoms with Crippen LogP contribution in [0.4, 0.5) is 11.6 Å². The van der Waals surface area contributed by atoms with Crippen molar-refractivity contribution in [1.82, 2.24) is 9.97 Å². The Bertz CT molecular complexity index is 849. The number of hydrogen-bond acceptors (Lipinski definition) is 4. The lowest BCUT2D eigenvalue weighted by atomic mass is 10.1. The second-order valence-corrected chi connectivity index (χ2v) is 5.28. The summed E-state index contributed by atoms with van der Waals surface area (Å²) in [6, 6.07) is 15.9. The molecule has 0 atom stereocenters. The number of aromatic nitrogens is 2. The Labute approximate surface area is 138 Å². The average molecular weight is 325 g/mol. The van der Waals surface area contributed by atoms with E-state index in [-0.39, 0.29) is 11.9 Å². The van der Waals surface area contributed by atoms with Crippen LogP contribution in [0.5, 0.6) is 0 Å². The molecule has 3 aromatic rings. The summed E-state index contributed by atoms with van der Waals surface area (Å²) in [5.41, 5.74) is 8.38. The van der Waals surface area contributed by atoms with Crippen LogP contribution in [0.1, 0.15) is 10.4 Å². The van der Waals surface area contributed by atoms with Crippen molar-refractivity contribution in [3.05, 3.63) is 71.4 Å². The van der Waals surface area contributed by atoms with Gasteiger partial charge in [-0.05, 0) is 36.4 Å². The van der Waals surface area contributed by atoms with Crippen molar-refractivity contribution in [3.63, 3.8) is 0 Å². The molecular weight excluding hydrogens is 312 g/mol. The van der Waals surface area contributed by atoms with Gasteiger partial charge in [-0.1, -0.05) is 29.8 Å². The summed E-state index contributed by atoms with van der Waals surface area (Å²) in [7, 11) is 0. The second kappa shape index (κ2) is 6.46. The molecule has 3 rings (SSSR count). The maximum Gasteiger partial charge on any atom is 0.255 e. The van der Waals surface area contributed by atoms with Gasteiger partial charge in [-0.25, -0.2) is 9.97 Å². The first kappa shape index (κ1) is 15.0. The van der Waals surface area contributed by atoms with Crippen LogP contribution in [0.15, 0.2) is 60.8 Å². The number of halogens is 1. The summed E-state index contributed by atoms with van der Waals surface area (Å²) >= 11 is 5.89. The lowest BCUT2D eigenvalue weighted by Gasteiger charge is -2.07. The van der Waals surface area contributed by atoms with Crippen LogP contribution in [0.3, 0.4) is 0 Å². The molecule has 0 bridgehead atoms. The Morgan fingerprint density at radius 2 is 1.87 bits per heavy atom. The van der Waals surface area contributed by atoms with Gasteiger partial charge in [0.05, 0.1) is 5.69 Å². The van der Waals surface area contributed by atoms with Crippen molar-refractivity contribution in [2.75, 3.05) is 11.1 Å². The molecule has 2 aromatic carbocycles. The fraction of sp³-hybridized carbons (Fsp3) is 0. The lowest BCUT2D eigenvalue weighted by molar-refractivity contribution is 0.102. The van der Waals surface area contributed by atoms with Crippen LogP contribution < -0.4 is 11.1 Å². The number of nitrogens with one attached hydrogen (secondary N) is 1. The number of amides is 1. The Morgan fingerprint density at radius 1 is 1.09 bits per heavy atom. The summed E-state index contributed by atoms with van der Waals surface area (Å²) in [6.07, 6.45) is 1.60. The van der Waals surface area contributed by atoms with Gasteiger partial charge in [0.15, 0.2) is 0 Å². The molecule has 0 radical (unpaired) electrons. The largest absolute Gasteiger partial charge is 0.368 e. The van der Waals surface area contributed by atoms with Crippen molar-refractivity contribution >= 4 is 29.1 Å². The number of carbonyl (C=O) groups excluding carboxylic acids is 1. The molecule has 0 unspecified atom stereocenters. The van der Waals surface area contributed by atoms with E-state index >= 15 is 0 Å². The molecule has 3 N–H and O–H groups in total. The van der Waals surface area contributed by atoms with Crippen LogP contribution in [0, 0.1) is 0 Å². The number of hydrogen-bond donors (Lipinski definition) is 2. The van der Waals surface area contributed by atoms with Gasteiger partial charge in [0.2, 0.25) is 5.95 Å². The molecule has 0 spiro atoms. The Balaban J connectivity index is 1.76. The van der Waals surface area contributed by atoms with E-state index in [9.17, 15) is 4.79 Å². The number of nitrogens with two attached hydrogens (primary N) is 1. The normalized spacial score (nSPS) is 10.3. The maximum atomic E-state index is 12.2. The summed E-state index contributed by atoms with van der Waals surface area (Å²) < 4.78 is 0. The molecule has 0 saturated carbocycles. The quantitative estimate of drug-likeness (QED) is 0.770. The fourth-order valence-corrected chi connectivity index (χ4v) is 2.28. The van der Waals surface area contributed by atoms with Crippen LogP contribution in [-0.4, -0.2) is 15.9 Å². The minimum atomic E-state index is -0.216. The molecular formula is C17H13ClN4O. The Morgan fingerprint density at radius 3 is 2.57 bits per heavy atom. The van der Waals surface area contributed by atoms with Gasteiger partial charge < -0.3 is 11.1 Å². The Kier molecular flexibility index (Phi) is 4.21. The topological polar surface area (TPSA) is 80.9 Å². The number of nitrogens with zero attached hydrogens (tertiary/aromatic N) is 2. The van der Waals surface area contributed by atoms with Gasteiger partial charge in [0.1, 0.15) is 0 Å². The molecule has 1 heterocycles. The zero-order valence-electron chi connectivity index (χ0n) is 12.0. The number of benzene rings is 2. The summed E-state index contributed by atoms with van der Waals surface area (Å²) in [4.78, 5) is 20.2. The zero-order valence-corrected chi connectivity index (χ0v) is 12.8. The first-order valence-electron chi connectivity index (χ1n) is 6.88.